The fraction of sp³-hybridized carbons (Fsp3) is 0.222. The van der Waals surface area contributed by atoms with E-state index in [1.165, 1.54) is 0 Å². The molecule has 7 heteroatoms. The molecule has 0 aliphatic heterocycles. The summed E-state index contributed by atoms with van der Waals surface area (Å²) in [6, 6.07) is 12.5. The first-order valence-electron chi connectivity index (χ1n) is 7.68. The molecular weight excluding hydrogens is 386 g/mol. The first-order valence-corrected chi connectivity index (χ1v) is 8.48. The maximum absolute atomic E-state index is 11.9. The molecule has 6 nitrogen and oxygen atoms in total. The highest BCUT2D eigenvalue weighted by Crippen LogP contribution is 2.19. The van der Waals surface area contributed by atoms with Crippen molar-refractivity contribution in [3.05, 3.63) is 58.1 Å². The second kappa shape index (κ2) is 9.08. The summed E-state index contributed by atoms with van der Waals surface area (Å²) in [4.78, 5) is 23.7. The molecule has 132 valence electrons. The largest absolute Gasteiger partial charge is 0.497 e. The molecule has 2 aromatic carbocycles. The van der Waals surface area contributed by atoms with Crippen molar-refractivity contribution < 1.29 is 14.3 Å². The molecule has 0 spiro atoms. The molecule has 2 rings (SSSR count). The molecule has 0 saturated heterocycles. The maximum Gasteiger partial charge on any atom is 0.315 e. The van der Waals surface area contributed by atoms with Crippen LogP contribution in [0.15, 0.2) is 46.9 Å². The Labute approximate surface area is 155 Å². The maximum atomic E-state index is 11.9. The Hall–Kier alpha value is -2.54. The normalized spacial score (nSPS) is 10.0. The fourth-order valence-electron chi connectivity index (χ4n) is 2.15. The van der Waals surface area contributed by atoms with Gasteiger partial charge >= 0.3 is 6.03 Å². The minimum atomic E-state index is -0.412. The van der Waals surface area contributed by atoms with Crippen LogP contribution >= 0.6 is 15.9 Å². The zero-order valence-electron chi connectivity index (χ0n) is 14.1. The number of anilines is 1. The van der Waals surface area contributed by atoms with Crippen molar-refractivity contribution in [2.24, 2.45) is 0 Å². The van der Waals surface area contributed by atoms with Gasteiger partial charge < -0.3 is 20.7 Å². The summed E-state index contributed by atoms with van der Waals surface area (Å²) < 4.78 is 6.07. The number of ether oxygens (including phenoxy) is 1. The Bertz CT molecular complexity index is 765. The number of carbonyl (C=O) groups excluding carboxylic acids is 2. The molecule has 0 fully saturated rings. The number of urea groups is 1. The van der Waals surface area contributed by atoms with Gasteiger partial charge in [0.2, 0.25) is 5.91 Å². The topological polar surface area (TPSA) is 79.5 Å². The van der Waals surface area contributed by atoms with Crippen LogP contribution in [-0.2, 0) is 11.3 Å². The van der Waals surface area contributed by atoms with Gasteiger partial charge in [0.1, 0.15) is 5.75 Å². The van der Waals surface area contributed by atoms with Gasteiger partial charge in [-0.2, -0.15) is 0 Å². The van der Waals surface area contributed by atoms with Crippen LogP contribution in [0.3, 0.4) is 0 Å². The second-order valence-electron chi connectivity index (χ2n) is 5.40. The van der Waals surface area contributed by atoms with E-state index in [1.807, 2.05) is 43.3 Å². The van der Waals surface area contributed by atoms with Gasteiger partial charge in [0.05, 0.1) is 13.7 Å². The average molecular weight is 406 g/mol. The lowest BCUT2D eigenvalue weighted by molar-refractivity contribution is -0.115. The van der Waals surface area contributed by atoms with Crippen molar-refractivity contribution in [3.8, 4) is 5.75 Å². The number of hydrogen-bond acceptors (Lipinski definition) is 3. The number of benzene rings is 2. The smallest absolute Gasteiger partial charge is 0.315 e. The van der Waals surface area contributed by atoms with E-state index in [4.69, 9.17) is 4.74 Å². The Kier molecular flexibility index (Phi) is 6.82. The lowest BCUT2D eigenvalue weighted by atomic mass is 10.2. The molecule has 0 heterocycles. The van der Waals surface area contributed by atoms with Crippen LogP contribution in [0.25, 0.3) is 0 Å². The molecule has 0 bridgehead atoms. The third-order valence-electron chi connectivity index (χ3n) is 3.46. The number of hydrogen-bond donors (Lipinski definition) is 3. The highest BCUT2D eigenvalue weighted by Gasteiger charge is 2.07. The molecule has 0 aliphatic carbocycles. The summed E-state index contributed by atoms with van der Waals surface area (Å²) in [5.41, 5.74) is 2.56. The van der Waals surface area contributed by atoms with Crippen molar-refractivity contribution in [1.82, 2.24) is 10.6 Å². The number of methoxy groups -OCH3 is 1. The zero-order valence-corrected chi connectivity index (χ0v) is 15.6. The van der Waals surface area contributed by atoms with Gasteiger partial charge in [0.15, 0.2) is 0 Å². The standard InChI is InChI=1S/C18H20BrN3O3/c1-12-8-14(19)6-7-16(12)22-17(23)11-21-18(24)20-10-13-4-3-5-15(9-13)25-2/h3-9H,10-11H2,1-2H3,(H,22,23)(H2,20,21,24). The number of halogens is 1. The van der Waals surface area contributed by atoms with Gasteiger partial charge in [0.25, 0.3) is 0 Å². The summed E-state index contributed by atoms with van der Waals surface area (Å²) in [6.45, 7) is 2.13. The molecule has 25 heavy (non-hydrogen) atoms. The van der Waals surface area contributed by atoms with Crippen LogP contribution in [0.4, 0.5) is 10.5 Å². The summed E-state index contributed by atoms with van der Waals surface area (Å²) in [6.07, 6.45) is 0. The number of nitrogens with one attached hydrogen (secondary N) is 3. The van der Waals surface area contributed by atoms with Crippen LogP contribution in [0.2, 0.25) is 0 Å². The highest BCUT2D eigenvalue weighted by atomic mass is 79.9. The van der Waals surface area contributed by atoms with Crippen molar-refractivity contribution in [1.29, 1.82) is 0 Å². The number of rotatable bonds is 6. The Balaban J connectivity index is 1.76. The molecule has 3 amide bonds. The quantitative estimate of drug-likeness (QED) is 0.690. The monoisotopic (exact) mass is 405 g/mol. The van der Waals surface area contributed by atoms with E-state index in [2.05, 4.69) is 31.9 Å². The molecule has 0 unspecified atom stereocenters. The Morgan fingerprint density at radius 3 is 2.64 bits per heavy atom. The van der Waals surface area contributed by atoms with E-state index in [0.717, 1.165) is 21.3 Å². The lowest BCUT2D eigenvalue weighted by Crippen LogP contribution is -2.39. The molecule has 0 radical (unpaired) electrons. The molecule has 2 aromatic rings. The lowest BCUT2D eigenvalue weighted by Gasteiger charge is -2.10. The fourth-order valence-corrected chi connectivity index (χ4v) is 2.63. The summed E-state index contributed by atoms with van der Waals surface area (Å²) in [5, 5.41) is 7.99. The zero-order chi connectivity index (χ0) is 18.2. The molecule has 3 N–H and O–H groups in total. The van der Waals surface area contributed by atoms with E-state index in [0.29, 0.717) is 12.2 Å². The SMILES string of the molecule is COc1cccc(CNC(=O)NCC(=O)Nc2ccc(Br)cc2C)c1. The van der Waals surface area contributed by atoms with Crippen molar-refractivity contribution in [2.45, 2.75) is 13.5 Å². The first kappa shape index (κ1) is 18.8. The first-order chi connectivity index (χ1) is 12.0. The van der Waals surface area contributed by atoms with E-state index in [9.17, 15) is 9.59 Å². The third-order valence-corrected chi connectivity index (χ3v) is 3.95. The van der Waals surface area contributed by atoms with Crippen molar-refractivity contribution in [2.75, 3.05) is 19.0 Å². The second-order valence-corrected chi connectivity index (χ2v) is 6.31. The van der Waals surface area contributed by atoms with Crippen LogP contribution in [0.1, 0.15) is 11.1 Å². The van der Waals surface area contributed by atoms with Crippen LogP contribution in [-0.4, -0.2) is 25.6 Å². The molecule has 0 atom stereocenters. The van der Waals surface area contributed by atoms with Gasteiger partial charge in [-0.3, -0.25) is 4.79 Å². The number of amides is 3. The minimum Gasteiger partial charge on any atom is -0.497 e. The molecular formula is C18H20BrN3O3. The van der Waals surface area contributed by atoms with E-state index < -0.39 is 6.03 Å². The Morgan fingerprint density at radius 1 is 1.12 bits per heavy atom. The summed E-state index contributed by atoms with van der Waals surface area (Å²) in [5.74, 6) is 0.436. The molecule has 0 aromatic heterocycles. The van der Waals surface area contributed by atoms with E-state index in [-0.39, 0.29) is 12.5 Å². The average Bonchev–Trinajstić information content (AvgIpc) is 2.60. The third kappa shape index (κ3) is 6.11. The predicted octanol–water partition coefficient (Wildman–Crippen LogP) is 3.20. The van der Waals surface area contributed by atoms with Gasteiger partial charge in [0, 0.05) is 16.7 Å². The van der Waals surface area contributed by atoms with Gasteiger partial charge in [-0.25, -0.2) is 4.79 Å². The summed E-state index contributed by atoms with van der Waals surface area (Å²) in [7, 11) is 1.59. The highest BCUT2D eigenvalue weighted by molar-refractivity contribution is 9.10. The molecule has 0 saturated carbocycles. The molecule has 0 aliphatic rings. The van der Waals surface area contributed by atoms with Crippen LogP contribution in [0, 0.1) is 6.92 Å². The van der Waals surface area contributed by atoms with Crippen molar-refractivity contribution in [3.63, 3.8) is 0 Å². The van der Waals surface area contributed by atoms with E-state index in [1.54, 1.807) is 13.2 Å². The predicted molar refractivity (Wildman–Crippen MR) is 101 cm³/mol. The minimum absolute atomic E-state index is 0.112. The van der Waals surface area contributed by atoms with Crippen molar-refractivity contribution >= 4 is 33.6 Å². The Morgan fingerprint density at radius 2 is 1.92 bits per heavy atom. The number of aryl methyl sites for hydroxylation is 1. The van der Waals surface area contributed by atoms with Gasteiger partial charge in [-0.05, 0) is 48.4 Å². The van der Waals surface area contributed by atoms with Gasteiger partial charge in [-0.15, -0.1) is 0 Å². The van der Waals surface area contributed by atoms with Crippen LogP contribution < -0.4 is 20.7 Å². The van der Waals surface area contributed by atoms with E-state index >= 15 is 0 Å². The van der Waals surface area contributed by atoms with Crippen LogP contribution in [0.5, 0.6) is 5.75 Å². The van der Waals surface area contributed by atoms with Gasteiger partial charge in [-0.1, -0.05) is 28.1 Å². The number of carbonyl (C=O) groups is 2. The summed E-state index contributed by atoms with van der Waals surface area (Å²) >= 11 is 3.37.